The van der Waals surface area contributed by atoms with Gasteiger partial charge in [-0.05, 0) is 11.4 Å². The number of esters is 1. The van der Waals surface area contributed by atoms with Crippen LogP contribution in [-0.4, -0.2) is 27.1 Å². The zero-order valence-electron chi connectivity index (χ0n) is 12.7. The number of fused-ring (bicyclic) bond motifs is 1. The zero-order chi connectivity index (χ0) is 16.4. The molecule has 0 aromatic carbocycles. The predicted molar refractivity (Wildman–Crippen MR) is 84.8 cm³/mol. The Balaban J connectivity index is 1.66. The van der Waals surface area contributed by atoms with Crippen LogP contribution in [0.5, 0.6) is 0 Å². The van der Waals surface area contributed by atoms with Crippen LogP contribution in [0.4, 0.5) is 0 Å². The van der Waals surface area contributed by atoms with Crippen LogP contribution in [0.25, 0.3) is 10.2 Å². The van der Waals surface area contributed by atoms with Crippen LogP contribution in [0, 0.1) is 0 Å². The van der Waals surface area contributed by atoms with E-state index in [1.54, 1.807) is 6.07 Å². The fourth-order valence-electron chi connectivity index (χ4n) is 2.16. The molecule has 8 heteroatoms. The second kappa shape index (κ2) is 6.33. The van der Waals surface area contributed by atoms with Gasteiger partial charge in [0.1, 0.15) is 17.1 Å². The van der Waals surface area contributed by atoms with Crippen molar-refractivity contribution in [3.05, 3.63) is 46.0 Å². The van der Waals surface area contributed by atoms with Gasteiger partial charge in [-0.25, -0.2) is 14.8 Å². The maximum atomic E-state index is 12.2. The predicted octanol–water partition coefficient (Wildman–Crippen LogP) is 2.43. The standard InChI is InChI=1S/C15H15N3O4S/c1-9(2)12-11(17-8-22-12)15(20)21-5-4-18-7-16-10-3-6-23-13(10)14(18)19/h3,6-9H,4-5H2,1-2H3. The molecule has 0 saturated carbocycles. The fourth-order valence-corrected chi connectivity index (χ4v) is 2.95. The van der Waals surface area contributed by atoms with Gasteiger partial charge in [0.15, 0.2) is 12.1 Å². The van der Waals surface area contributed by atoms with Crippen molar-refractivity contribution in [1.82, 2.24) is 14.5 Å². The monoisotopic (exact) mass is 333 g/mol. The summed E-state index contributed by atoms with van der Waals surface area (Å²) in [7, 11) is 0. The van der Waals surface area contributed by atoms with Gasteiger partial charge in [0.2, 0.25) is 0 Å². The molecule has 0 spiro atoms. The highest BCUT2D eigenvalue weighted by atomic mass is 32.1. The molecule has 0 amide bonds. The molecule has 0 saturated heterocycles. The molecule has 0 aliphatic rings. The van der Waals surface area contributed by atoms with E-state index < -0.39 is 5.97 Å². The molecule has 0 fully saturated rings. The number of rotatable bonds is 5. The summed E-state index contributed by atoms with van der Waals surface area (Å²) < 4.78 is 12.4. The van der Waals surface area contributed by atoms with E-state index in [0.717, 1.165) is 0 Å². The van der Waals surface area contributed by atoms with Crippen molar-refractivity contribution < 1.29 is 13.9 Å². The molecule has 0 aliphatic carbocycles. The molecule has 0 aliphatic heterocycles. The van der Waals surface area contributed by atoms with Crippen LogP contribution in [0.1, 0.15) is 36.0 Å². The largest absolute Gasteiger partial charge is 0.459 e. The van der Waals surface area contributed by atoms with Crippen LogP contribution in [0.2, 0.25) is 0 Å². The molecular weight excluding hydrogens is 318 g/mol. The summed E-state index contributed by atoms with van der Waals surface area (Å²) in [5.41, 5.74) is 0.724. The molecule has 0 atom stereocenters. The van der Waals surface area contributed by atoms with Gasteiger partial charge in [-0.3, -0.25) is 9.36 Å². The van der Waals surface area contributed by atoms with Gasteiger partial charge in [0.25, 0.3) is 5.56 Å². The first-order chi connectivity index (χ1) is 11.1. The summed E-state index contributed by atoms with van der Waals surface area (Å²) in [6.45, 7) is 4.10. The van der Waals surface area contributed by atoms with E-state index in [9.17, 15) is 9.59 Å². The first-order valence-corrected chi connectivity index (χ1v) is 7.99. The summed E-state index contributed by atoms with van der Waals surface area (Å²) in [5.74, 6) is -0.0254. The molecule has 0 bridgehead atoms. The fraction of sp³-hybridized carbons (Fsp3) is 0.333. The van der Waals surface area contributed by atoms with E-state index in [1.807, 2.05) is 19.2 Å². The van der Waals surface area contributed by atoms with Crippen molar-refractivity contribution in [2.45, 2.75) is 26.3 Å². The van der Waals surface area contributed by atoms with Gasteiger partial charge in [-0.1, -0.05) is 13.8 Å². The van der Waals surface area contributed by atoms with E-state index in [0.29, 0.717) is 16.0 Å². The van der Waals surface area contributed by atoms with Crippen molar-refractivity contribution in [2.24, 2.45) is 0 Å². The topological polar surface area (TPSA) is 87.2 Å². The number of oxazole rings is 1. The minimum absolute atomic E-state index is 0.0353. The Bertz CT molecular complexity index is 893. The summed E-state index contributed by atoms with van der Waals surface area (Å²) in [4.78, 5) is 32.3. The SMILES string of the molecule is CC(C)c1ocnc1C(=O)OCCn1cnc2ccsc2c1=O. The minimum Gasteiger partial charge on any atom is -0.459 e. The lowest BCUT2D eigenvalue weighted by Gasteiger charge is -2.07. The Morgan fingerprint density at radius 2 is 2.26 bits per heavy atom. The van der Waals surface area contributed by atoms with Gasteiger partial charge < -0.3 is 9.15 Å². The first-order valence-electron chi connectivity index (χ1n) is 7.11. The second-order valence-electron chi connectivity index (χ2n) is 5.23. The maximum Gasteiger partial charge on any atom is 0.360 e. The Labute approximate surface area is 135 Å². The van der Waals surface area contributed by atoms with Crippen LogP contribution >= 0.6 is 11.3 Å². The van der Waals surface area contributed by atoms with Crippen LogP contribution in [0.3, 0.4) is 0 Å². The third-order valence-electron chi connectivity index (χ3n) is 3.31. The summed E-state index contributed by atoms with van der Waals surface area (Å²) in [6.07, 6.45) is 2.69. The molecule has 3 aromatic rings. The van der Waals surface area contributed by atoms with E-state index in [1.165, 1.54) is 28.6 Å². The first kappa shape index (κ1) is 15.4. The smallest absolute Gasteiger partial charge is 0.360 e. The minimum atomic E-state index is -0.555. The Kier molecular flexibility index (Phi) is 4.24. The number of nitrogens with zero attached hydrogens (tertiary/aromatic N) is 3. The van der Waals surface area contributed by atoms with Crippen LogP contribution in [-0.2, 0) is 11.3 Å². The van der Waals surface area contributed by atoms with Gasteiger partial charge in [-0.15, -0.1) is 11.3 Å². The van der Waals surface area contributed by atoms with Crippen molar-refractivity contribution in [3.63, 3.8) is 0 Å². The average molecular weight is 333 g/mol. The van der Waals surface area contributed by atoms with Gasteiger partial charge in [0.05, 0.1) is 18.4 Å². The molecule has 0 unspecified atom stereocenters. The maximum absolute atomic E-state index is 12.2. The molecule has 23 heavy (non-hydrogen) atoms. The second-order valence-corrected chi connectivity index (χ2v) is 6.15. The highest BCUT2D eigenvalue weighted by Gasteiger charge is 2.20. The highest BCUT2D eigenvalue weighted by Crippen LogP contribution is 2.19. The van der Waals surface area contributed by atoms with Gasteiger partial charge in [0, 0.05) is 5.92 Å². The van der Waals surface area contributed by atoms with Crippen molar-refractivity contribution >= 4 is 27.5 Å². The lowest BCUT2D eigenvalue weighted by molar-refractivity contribution is 0.0481. The number of hydrogen-bond acceptors (Lipinski definition) is 7. The van der Waals surface area contributed by atoms with Crippen molar-refractivity contribution in [1.29, 1.82) is 0 Å². The molecule has 3 aromatic heterocycles. The Morgan fingerprint density at radius 3 is 3.04 bits per heavy atom. The molecule has 3 rings (SSSR count). The molecule has 3 heterocycles. The third-order valence-corrected chi connectivity index (χ3v) is 4.21. The number of hydrogen-bond donors (Lipinski definition) is 0. The quantitative estimate of drug-likeness (QED) is 0.666. The number of ether oxygens (including phenoxy) is 1. The van der Waals surface area contributed by atoms with Crippen LogP contribution in [0.15, 0.2) is 33.4 Å². The molecular formula is C15H15N3O4S. The zero-order valence-corrected chi connectivity index (χ0v) is 13.5. The van der Waals surface area contributed by atoms with Crippen molar-refractivity contribution in [2.75, 3.05) is 6.61 Å². The van der Waals surface area contributed by atoms with E-state index in [4.69, 9.17) is 9.15 Å². The summed E-state index contributed by atoms with van der Waals surface area (Å²) in [5, 5.41) is 1.82. The Hall–Kier alpha value is -2.48. The van der Waals surface area contributed by atoms with Gasteiger partial charge >= 0.3 is 5.97 Å². The molecule has 7 nitrogen and oxygen atoms in total. The van der Waals surface area contributed by atoms with Gasteiger partial charge in [-0.2, -0.15) is 0 Å². The highest BCUT2D eigenvalue weighted by molar-refractivity contribution is 7.17. The number of carbonyl (C=O) groups excluding carboxylic acids is 1. The average Bonchev–Trinajstić information content (AvgIpc) is 3.18. The third kappa shape index (κ3) is 3.02. The Morgan fingerprint density at radius 1 is 1.43 bits per heavy atom. The van der Waals surface area contributed by atoms with E-state index in [-0.39, 0.29) is 30.3 Å². The van der Waals surface area contributed by atoms with Crippen LogP contribution < -0.4 is 5.56 Å². The number of aromatic nitrogens is 3. The van der Waals surface area contributed by atoms with Crippen molar-refractivity contribution in [3.8, 4) is 0 Å². The molecule has 120 valence electrons. The molecule has 0 radical (unpaired) electrons. The molecule has 0 N–H and O–H groups in total. The number of thiophene rings is 1. The van der Waals surface area contributed by atoms with E-state index in [2.05, 4.69) is 9.97 Å². The lowest BCUT2D eigenvalue weighted by atomic mass is 10.1. The lowest BCUT2D eigenvalue weighted by Crippen LogP contribution is -2.23. The van der Waals surface area contributed by atoms with E-state index >= 15 is 0 Å². The summed E-state index contributed by atoms with van der Waals surface area (Å²) >= 11 is 1.35. The number of carbonyl (C=O) groups is 1. The summed E-state index contributed by atoms with van der Waals surface area (Å²) in [6, 6.07) is 1.80. The normalized spacial score (nSPS) is 11.3.